The van der Waals surface area contributed by atoms with Gasteiger partial charge in [0.1, 0.15) is 5.75 Å². The van der Waals surface area contributed by atoms with E-state index in [0.29, 0.717) is 30.2 Å². The molecule has 168 valence electrons. The summed E-state index contributed by atoms with van der Waals surface area (Å²) in [4.78, 5) is 12.9. The minimum Gasteiger partial charge on any atom is -0.476 e. The number of hydrogen-bond donors (Lipinski definition) is 1. The van der Waals surface area contributed by atoms with E-state index in [1.54, 1.807) is 38.1 Å². The van der Waals surface area contributed by atoms with E-state index in [1.165, 1.54) is 28.6 Å². The highest BCUT2D eigenvalue weighted by atomic mass is 32.2. The molecule has 0 bridgehead atoms. The van der Waals surface area contributed by atoms with Crippen molar-refractivity contribution in [3.05, 3.63) is 48.5 Å². The normalized spacial score (nSPS) is 16.5. The summed E-state index contributed by atoms with van der Waals surface area (Å²) in [5.74, 6) is -0.248. The van der Waals surface area contributed by atoms with Crippen LogP contribution in [-0.4, -0.2) is 59.0 Å². The summed E-state index contributed by atoms with van der Waals surface area (Å²) in [5, 5.41) is 2.66. The van der Waals surface area contributed by atoms with Crippen LogP contribution in [0.3, 0.4) is 0 Å². The average Bonchev–Trinajstić information content (AvgIpc) is 2.73. The summed E-state index contributed by atoms with van der Waals surface area (Å²) in [6.07, 6.45) is 0.00256. The van der Waals surface area contributed by atoms with Crippen LogP contribution in [0.15, 0.2) is 53.4 Å². The molecule has 9 nitrogen and oxygen atoms in total. The van der Waals surface area contributed by atoms with Crippen molar-refractivity contribution >= 4 is 37.3 Å². The van der Waals surface area contributed by atoms with E-state index < -0.39 is 32.1 Å². The monoisotopic (exact) mass is 467 g/mol. The SMILES string of the molecule is CCN(CC)S(=O)(=O)c1ccc(NC(=O)C2CN(S(C)(=O)=O)c3ccccc3O2)cc1. The Morgan fingerprint density at radius 2 is 1.68 bits per heavy atom. The highest BCUT2D eigenvalue weighted by Crippen LogP contribution is 2.34. The van der Waals surface area contributed by atoms with Gasteiger partial charge in [-0.15, -0.1) is 0 Å². The van der Waals surface area contributed by atoms with E-state index in [1.807, 2.05) is 0 Å². The van der Waals surface area contributed by atoms with Crippen molar-refractivity contribution in [2.24, 2.45) is 0 Å². The zero-order valence-electron chi connectivity index (χ0n) is 17.5. The molecule has 11 heteroatoms. The van der Waals surface area contributed by atoms with E-state index in [2.05, 4.69) is 5.32 Å². The highest BCUT2D eigenvalue weighted by molar-refractivity contribution is 7.92. The molecule has 1 aliphatic rings. The quantitative estimate of drug-likeness (QED) is 0.665. The second kappa shape index (κ2) is 8.85. The fraction of sp³-hybridized carbons (Fsp3) is 0.350. The first-order valence-corrected chi connectivity index (χ1v) is 13.0. The lowest BCUT2D eigenvalue weighted by molar-refractivity contribution is -0.122. The number of hydrogen-bond acceptors (Lipinski definition) is 6. The second-order valence-corrected chi connectivity index (χ2v) is 10.8. The van der Waals surface area contributed by atoms with Gasteiger partial charge in [0.05, 0.1) is 23.4 Å². The fourth-order valence-electron chi connectivity index (χ4n) is 3.30. The van der Waals surface area contributed by atoms with Crippen molar-refractivity contribution in [1.82, 2.24) is 4.31 Å². The Labute approximate surface area is 182 Å². The molecule has 1 N–H and O–H groups in total. The third-order valence-corrected chi connectivity index (χ3v) is 8.10. The van der Waals surface area contributed by atoms with E-state index in [9.17, 15) is 21.6 Å². The smallest absolute Gasteiger partial charge is 0.267 e. The van der Waals surface area contributed by atoms with E-state index in [0.717, 1.165) is 10.6 Å². The molecule has 0 saturated carbocycles. The maximum atomic E-state index is 12.7. The molecule has 0 radical (unpaired) electrons. The maximum absolute atomic E-state index is 12.7. The van der Waals surface area contributed by atoms with Crippen LogP contribution in [0.5, 0.6) is 5.75 Å². The van der Waals surface area contributed by atoms with Gasteiger partial charge in [-0.2, -0.15) is 4.31 Å². The summed E-state index contributed by atoms with van der Waals surface area (Å²) in [5.41, 5.74) is 0.747. The molecule has 1 heterocycles. The molecule has 3 rings (SSSR count). The van der Waals surface area contributed by atoms with Gasteiger partial charge < -0.3 is 10.1 Å². The van der Waals surface area contributed by atoms with Crippen LogP contribution in [0.4, 0.5) is 11.4 Å². The van der Waals surface area contributed by atoms with Crippen molar-refractivity contribution in [3.8, 4) is 5.75 Å². The zero-order valence-corrected chi connectivity index (χ0v) is 19.1. The number of sulfonamides is 2. The Balaban J connectivity index is 1.78. The van der Waals surface area contributed by atoms with Crippen LogP contribution >= 0.6 is 0 Å². The molecule has 0 aliphatic carbocycles. The molecular formula is C20H25N3O6S2. The standard InChI is InChI=1S/C20H25N3O6S2/c1-4-22(5-2)31(27,28)16-12-10-15(11-13-16)21-20(24)19-14-23(30(3,25)26)17-8-6-7-9-18(17)29-19/h6-13,19H,4-5,14H2,1-3H3,(H,21,24). The molecule has 1 amide bonds. The molecule has 31 heavy (non-hydrogen) atoms. The number of rotatable bonds is 7. The lowest BCUT2D eigenvalue weighted by Gasteiger charge is -2.33. The van der Waals surface area contributed by atoms with Gasteiger partial charge in [-0.25, -0.2) is 16.8 Å². The van der Waals surface area contributed by atoms with Gasteiger partial charge in [0.25, 0.3) is 5.91 Å². The van der Waals surface area contributed by atoms with Gasteiger partial charge in [0.2, 0.25) is 20.0 Å². The first-order valence-electron chi connectivity index (χ1n) is 9.72. The number of amides is 1. The van der Waals surface area contributed by atoms with Crippen molar-refractivity contribution in [2.75, 3.05) is 35.5 Å². The van der Waals surface area contributed by atoms with Crippen molar-refractivity contribution in [3.63, 3.8) is 0 Å². The van der Waals surface area contributed by atoms with E-state index in [-0.39, 0.29) is 11.4 Å². The van der Waals surface area contributed by atoms with E-state index in [4.69, 9.17) is 4.74 Å². The van der Waals surface area contributed by atoms with Crippen LogP contribution in [-0.2, 0) is 24.8 Å². The number of nitrogens with zero attached hydrogens (tertiary/aromatic N) is 2. The Kier molecular flexibility index (Phi) is 6.58. The Morgan fingerprint density at radius 3 is 2.26 bits per heavy atom. The first kappa shape index (κ1) is 23.0. The molecule has 1 atom stereocenters. The number of carbonyl (C=O) groups is 1. The van der Waals surface area contributed by atoms with Crippen LogP contribution in [0.25, 0.3) is 0 Å². The van der Waals surface area contributed by atoms with Gasteiger partial charge >= 0.3 is 0 Å². The predicted octanol–water partition coefficient (Wildman–Crippen LogP) is 1.88. The Bertz CT molecular complexity index is 1160. The molecule has 1 unspecified atom stereocenters. The number of anilines is 2. The second-order valence-electron chi connectivity index (χ2n) is 6.97. The minimum absolute atomic E-state index is 0.125. The number of ether oxygens (including phenoxy) is 1. The summed E-state index contributed by atoms with van der Waals surface area (Å²) < 4.78 is 57.7. The minimum atomic E-state index is -3.61. The van der Waals surface area contributed by atoms with Gasteiger partial charge in [-0.3, -0.25) is 9.10 Å². The van der Waals surface area contributed by atoms with Crippen LogP contribution in [0, 0.1) is 0 Å². The van der Waals surface area contributed by atoms with Crippen molar-refractivity contribution in [1.29, 1.82) is 0 Å². The number of carbonyl (C=O) groups excluding carboxylic acids is 1. The Morgan fingerprint density at radius 1 is 1.06 bits per heavy atom. The summed E-state index contributed by atoms with van der Waals surface area (Å²) in [7, 11) is -7.21. The fourth-order valence-corrected chi connectivity index (χ4v) is 5.67. The third kappa shape index (κ3) is 4.83. The molecule has 0 spiro atoms. The molecule has 2 aromatic rings. The number of fused-ring (bicyclic) bond motifs is 1. The Hall–Kier alpha value is -2.63. The number of nitrogens with one attached hydrogen (secondary N) is 1. The summed E-state index contributed by atoms with van der Waals surface area (Å²) in [6, 6.07) is 12.4. The third-order valence-electron chi connectivity index (χ3n) is 4.89. The molecule has 2 aromatic carbocycles. The number of para-hydroxylation sites is 2. The van der Waals surface area contributed by atoms with Gasteiger partial charge in [0.15, 0.2) is 6.10 Å². The zero-order chi connectivity index (χ0) is 22.8. The van der Waals surface area contributed by atoms with Crippen LogP contribution in [0.2, 0.25) is 0 Å². The molecule has 0 saturated heterocycles. The van der Waals surface area contributed by atoms with Crippen molar-refractivity contribution in [2.45, 2.75) is 24.8 Å². The number of benzene rings is 2. The van der Waals surface area contributed by atoms with Crippen LogP contribution in [0.1, 0.15) is 13.8 Å². The highest BCUT2D eigenvalue weighted by Gasteiger charge is 2.35. The summed E-state index contributed by atoms with van der Waals surface area (Å²) in [6.45, 7) is 4.06. The largest absolute Gasteiger partial charge is 0.476 e. The lowest BCUT2D eigenvalue weighted by Crippen LogP contribution is -2.48. The molecule has 1 aliphatic heterocycles. The molecule has 0 fully saturated rings. The maximum Gasteiger partial charge on any atom is 0.267 e. The lowest BCUT2D eigenvalue weighted by atomic mass is 10.2. The molecule has 0 aromatic heterocycles. The summed E-state index contributed by atoms with van der Waals surface area (Å²) >= 11 is 0. The average molecular weight is 468 g/mol. The molecular weight excluding hydrogens is 442 g/mol. The van der Waals surface area contributed by atoms with Gasteiger partial charge in [-0.05, 0) is 36.4 Å². The van der Waals surface area contributed by atoms with Crippen LogP contribution < -0.4 is 14.4 Å². The predicted molar refractivity (Wildman–Crippen MR) is 118 cm³/mol. The topological polar surface area (TPSA) is 113 Å². The van der Waals surface area contributed by atoms with E-state index >= 15 is 0 Å². The van der Waals surface area contributed by atoms with Gasteiger partial charge in [0, 0.05) is 18.8 Å². The first-order chi connectivity index (χ1) is 14.6. The van der Waals surface area contributed by atoms with Gasteiger partial charge in [-0.1, -0.05) is 26.0 Å². The van der Waals surface area contributed by atoms with Crippen molar-refractivity contribution < 1.29 is 26.4 Å².